The average molecular weight is 409 g/mol. The van der Waals surface area contributed by atoms with Crippen LogP contribution in [0.15, 0.2) is 0 Å². The van der Waals surface area contributed by atoms with Gasteiger partial charge in [0.15, 0.2) is 12.4 Å². The molecule has 0 bridgehead atoms. The number of amides is 1. The first kappa shape index (κ1) is 22.9. The predicted octanol–water partition coefficient (Wildman–Crippen LogP) is -3.44. The quantitative estimate of drug-likeness (QED) is 0.256. The lowest BCUT2D eigenvalue weighted by atomic mass is 9.94. The highest BCUT2D eigenvalue weighted by atomic mass is 16.7. The molecule has 12 heteroatoms. The van der Waals surface area contributed by atoms with Gasteiger partial charge in [-0.15, -0.1) is 0 Å². The highest BCUT2D eigenvalue weighted by molar-refractivity contribution is 5.74. The molecule has 2 aliphatic heterocycles. The van der Waals surface area contributed by atoms with Crippen LogP contribution in [-0.2, 0) is 28.5 Å². The maximum absolute atomic E-state index is 11.6. The minimum atomic E-state index is -1.63. The van der Waals surface area contributed by atoms with E-state index >= 15 is 0 Å². The number of carboxylic acid groups (broad SMARTS) is 1. The normalized spacial score (nSPS) is 44.1. The second kappa shape index (κ2) is 9.41. The molecular weight excluding hydrogens is 382 g/mol. The Hall–Kier alpha value is -1.38. The Morgan fingerprint density at radius 2 is 1.71 bits per heavy atom. The molecule has 0 aromatic heterocycles. The van der Waals surface area contributed by atoms with Crippen LogP contribution in [0, 0.1) is 0 Å². The second-order valence-corrected chi connectivity index (χ2v) is 6.82. The maximum atomic E-state index is 11.6. The molecule has 0 spiro atoms. The number of aliphatic hydroxyl groups is 4. The van der Waals surface area contributed by atoms with Crippen LogP contribution in [0.5, 0.6) is 0 Å². The van der Waals surface area contributed by atoms with Gasteiger partial charge in [-0.3, -0.25) is 4.79 Å². The van der Waals surface area contributed by atoms with Crippen molar-refractivity contribution in [1.82, 2.24) is 5.32 Å². The van der Waals surface area contributed by atoms with E-state index < -0.39 is 79.6 Å². The maximum Gasteiger partial charge on any atom is 0.335 e. The Kier molecular flexibility index (Phi) is 7.70. The first-order valence-electron chi connectivity index (χ1n) is 8.76. The number of hydrogen-bond donors (Lipinski definition) is 6. The number of rotatable bonds is 6. The molecular formula is C16H27NO11. The van der Waals surface area contributed by atoms with Crippen LogP contribution >= 0.6 is 0 Å². The summed E-state index contributed by atoms with van der Waals surface area (Å²) >= 11 is 0. The fraction of sp³-hybridized carbons (Fsp3) is 0.875. The van der Waals surface area contributed by atoms with Crippen molar-refractivity contribution in [1.29, 1.82) is 0 Å². The predicted molar refractivity (Wildman–Crippen MR) is 89.0 cm³/mol. The third kappa shape index (κ3) is 4.60. The van der Waals surface area contributed by atoms with Crippen molar-refractivity contribution in [3.63, 3.8) is 0 Å². The number of nitrogens with one attached hydrogen (secondary N) is 1. The van der Waals surface area contributed by atoms with E-state index in [0.717, 1.165) is 0 Å². The Morgan fingerprint density at radius 1 is 1.07 bits per heavy atom. The fourth-order valence-electron chi connectivity index (χ4n) is 3.40. The van der Waals surface area contributed by atoms with Gasteiger partial charge in [-0.1, -0.05) is 0 Å². The fourth-order valence-corrected chi connectivity index (χ4v) is 3.40. The molecule has 6 N–H and O–H groups in total. The number of carboxylic acids is 1. The SMILES string of the molecule is COC1C(O)C(CO)OC(OC2C(C(=O)O)OC(C)C(O)C2O)C1NC(C)=O. The van der Waals surface area contributed by atoms with E-state index in [-0.39, 0.29) is 0 Å². The van der Waals surface area contributed by atoms with Gasteiger partial charge in [-0.2, -0.15) is 0 Å². The topological polar surface area (TPSA) is 184 Å². The van der Waals surface area contributed by atoms with Gasteiger partial charge in [0.05, 0.1) is 12.7 Å². The molecule has 0 saturated carbocycles. The van der Waals surface area contributed by atoms with Crippen molar-refractivity contribution in [2.75, 3.05) is 13.7 Å². The minimum absolute atomic E-state index is 0.511. The van der Waals surface area contributed by atoms with E-state index in [1.54, 1.807) is 0 Å². The smallest absolute Gasteiger partial charge is 0.335 e. The largest absolute Gasteiger partial charge is 0.479 e. The van der Waals surface area contributed by atoms with Crippen LogP contribution < -0.4 is 5.32 Å². The van der Waals surface area contributed by atoms with Crippen LogP contribution in [0.2, 0.25) is 0 Å². The summed E-state index contributed by atoms with van der Waals surface area (Å²) in [5, 5.41) is 52.0. The van der Waals surface area contributed by atoms with Crippen LogP contribution in [0.25, 0.3) is 0 Å². The Labute approximate surface area is 160 Å². The van der Waals surface area contributed by atoms with Crippen molar-refractivity contribution in [3.8, 4) is 0 Å². The summed E-state index contributed by atoms with van der Waals surface area (Å²) in [6.45, 7) is 1.99. The zero-order valence-corrected chi connectivity index (χ0v) is 15.7. The van der Waals surface area contributed by atoms with Crippen molar-refractivity contribution in [2.24, 2.45) is 0 Å². The number of methoxy groups -OCH3 is 1. The molecule has 2 aliphatic rings. The van der Waals surface area contributed by atoms with Crippen molar-refractivity contribution in [2.45, 2.75) is 75.0 Å². The molecule has 2 heterocycles. The summed E-state index contributed by atoms with van der Waals surface area (Å²) in [6.07, 6.45) is -12.2. The standard InChI is InChI=1S/C16H27NO11/c1-5-9(20)11(22)13(14(26-5)15(23)24)28-16-8(17-6(2)19)12(25-3)10(21)7(4-18)27-16/h5,7-14,16,18,20-22H,4H2,1-3H3,(H,17,19)(H,23,24). The van der Waals surface area contributed by atoms with Gasteiger partial charge >= 0.3 is 5.97 Å². The average Bonchev–Trinajstić information content (AvgIpc) is 2.63. The first-order chi connectivity index (χ1) is 13.1. The molecule has 1 amide bonds. The zero-order valence-electron chi connectivity index (χ0n) is 15.7. The zero-order chi connectivity index (χ0) is 21.2. The molecule has 0 aromatic carbocycles. The monoisotopic (exact) mass is 409 g/mol. The van der Waals surface area contributed by atoms with Crippen LogP contribution in [0.3, 0.4) is 0 Å². The van der Waals surface area contributed by atoms with E-state index in [1.165, 1.54) is 21.0 Å². The van der Waals surface area contributed by atoms with Crippen LogP contribution in [0.4, 0.5) is 0 Å². The van der Waals surface area contributed by atoms with E-state index in [4.69, 9.17) is 18.9 Å². The van der Waals surface area contributed by atoms with E-state index in [0.29, 0.717) is 0 Å². The summed E-state index contributed by atoms with van der Waals surface area (Å²) in [4.78, 5) is 23.1. The lowest BCUT2D eigenvalue weighted by Crippen LogP contribution is -2.68. The van der Waals surface area contributed by atoms with Gasteiger partial charge in [0.2, 0.25) is 5.91 Å². The molecule has 0 aliphatic carbocycles. The van der Waals surface area contributed by atoms with Gasteiger partial charge in [-0.25, -0.2) is 4.79 Å². The third-order valence-corrected chi connectivity index (χ3v) is 4.86. The number of carbonyl (C=O) groups excluding carboxylic acids is 1. The molecule has 10 unspecified atom stereocenters. The second-order valence-electron chi connectivity index (χ2n) is 6.82. The van der Waals surface area contributed by atoms with Gasteiger partial charge in [-0.05, 0) is 6.92 Å². The van der Waals surface area contributed by atoms with Crippen molar-refractivity contribution < 1.29 is 54.1 Å². The molecule has 2 rings (SSSR count). The van der Waals surface area contributed by atoms with Crippen molar-refractivity contribution in [3.05, 3.63) is 0 Å². The number of aliphatic hydroxyl groups excluding tert-OH is 4. The van der Waals surface area contributed by atoms with E-state index in [1.807, 2.05) is 0 Å². The highest BCUT2D eigenvalue weighted by Gasteiger charge is 2.52. The number of carbonyl (C=O) groups is 2. The van der Waals surface area contributed by atoms with E-state index in [9.17, 15) is 35.1 Å². The highest BCUT2D eigenvalue weighted by Crippen LogP contribution is 2.30. The summed E-state index contributed by atoms with van der Waals surface area (Å²) in [5.74, 6) is -1.94. The lowest BCUT2D eigenvalue weighted by molar-refractivity contribution is -0.319. The molecule has 12 nitrogen and oxygen atoms in total. The molecule has 0 radical (unpaired) electrons. The number of aliphatic carboxylic acids is 1. The van der Waals surface area contributed by atoms with Gasteiger partial charge in [0, 0.05) is 14.0 Å². The van der Waals surface area contributed by atoms with E-state index in [2.05, 4.69) is 5.32 Å². The van der Waals surface area contributed by atoms with Gasteiger partial charge in [0.1, 0.15) is 42.7 Å². The molecule has 28 heavy (non-hydrogen) atoms. The lowest BCUT2D eigenvalue weighted by Gasteiger charge is -2.47. The molecule has 162 valence electrons. The third-order valence-electron chi connectivity index (χ3n) is 4.86. The summed E-state index contributed by atoms with van der Waals surface area (Å²) < 4.78 is 21.5. The van der Waals surface area contributed by atoms with Crippen LogP contribution in [0.1, 0.15) is 13.8 Å². The number of hydrogen-bond acceptors (Lipinski definition) is 10. The van der Waals surface area contributed by atoms with Gasteiger partial charge < -0.3 is 49.8 Å². The van der Waals surface area contributed by atoms with Crippen molar-refractivity contribution >= 4 is 11.9 Å². The minimum Gasteiger partial charge on any atom is -0.479 e. The molecule has 2 fully saturated rings. The Balaban J connectivity index is 2.31. The first-order valence-corrected chi connectivity index (χ1v) is 8.76. The summed E-state index contributed by atoms with van der Waals surface area (Å²) in [7, 11) is 1.27. The number of ether oxygens (including phenoxy) is 4. The molecule has 2 saturated heterocycles. The summed E-state index contributed by atoms with van der Waals surface area (Å²) in [5.41, 5.74) is 0. The Bertz CT molecular complexity index is 561. The Morgan fingerprint density at radius 3 is 2.21 bits per heavy atom. The molecule has 0 aromatic rings. The summed E-state index contributed by atoms with van der Waals surface area (Å²) in [6, 6.07) is -1.10. The van der Waals surface area contributed by atoms with Crippen LogP contribution in [-0.4, -0.2) is 112 Å². The van der Waals surface area contributed by atoms with Gasteiger partial charge in [0.25, 0.3) is 0 Å². The molecule has 10 atom stereocenters.